The number of rotatable bonds is 5. The number of aryl methyl sites for hydroxylation is 2. The smallest absolute Gasteiger partial charge is 0.164 e. The SMILES string of the molecule is Cc1ccc2c(c1)c1cc(C)ccc1n2-c1cccc2c1Cc1c(-c3ccc(-c4nc(-c5ccccc5)nc(-c5ccccc5)n4)cc3)cccc1-2. The van der Waals surface area contributed by atoms with Gasteiger partial charge in [0.2, 0.25) is 0 Å². The Morgan fingerprint density at radius 1 is 0.404 bits per heavy atom. The van der Waals surface area contributed by atoms with Crippen LogP contribution in [0.3, 0.4) is 0 Å². The number of hydrogen-bond donors (Lipinski definition) is 0. The van der Waals surface area contributed by atoms with Gasteiger partial charge < -0.3 is 4.57 Å². The van der Waals surface area contributed by atoms with Crippen LogP contribution in [0.15, 0.2) is 158 Å². The lowest BCUT2D eigenvalue weighted by molar-refractivity contribution is 1.07. The van der Waals surface area contributed by atoms with E-state index >= 15 is 0 Å². The zero-order chi connectivity index (χ0) is 34.8. The molecule has 0 saturated heterocycles. The summed E-state index contributed by atoms with van der Waals surface area (Å²) in [4.78, 5) is 14.8. The minimum absolute atomic E-state index is 0.658. The molecule has 52 heavy (non-hydrogen) atoms. The van der Waals surface area contributed by atoms with Gasteiger partial charge in [0.05, 0.1) is 16.7 Å². The van der Waals surface area contributed by atoms with Crippen LogP contribution in [0.5, 0.6) is 0 Å². The maximum absolute atomic E-state index is 4.95. The molecule has 10 rings (SSSR count). The van der Waals surface area contributed by atoms with Gasteiger partial charge in [-0.3, -0.25) is 0 Å². The second-order valence-electron chi connectivity index (χ2n) is 13.8. The van der Waals surface area contributed by atoms with E-state index in [9.17, 15) is 0 Å². The molecule has 0 spiro atoms. The van der Waals surface area contributed by atoms with Crippen LogP contribution in [0.2, 0.25) is 0 Å². The molecule has 4 heteroatoms. The predicted molar refractivity (Wildman–Crippen MR) is 214 cm³/mol. The summed E-state index contributed by atoms with van der Waals surface area (Å²) in [6.07, 6.45) is 0.867. The van der Waals surface area contributed by atoms with Crippen LogP contribution < -0.4 is 0 Å². The van der Waals surface area contributed by atoms with Crippen LogP contribution >= 0.6 is 0 Å². The van der Waals surface area contributed by atoms with Gasteiger partial charge >= 0.3 is 0 Å². The second kappa shape index (κ2) is 12.0. The van der Waals surface area contributed by atoms with Crippen molar-refractivity contribution in [1.82, 2.24) is 19.5 Å². The van der Waals surface area contributed by atoms with Gasteiger partial charge in [-0.15, -0.1) is 0 Å². The fourth-order valence-electron chi connectivity index (χ4n) is 7.95. The molecule has 0 unspecified atom stereocenters. The van der Waals surface area contributed by atoms with Gasteiger partial charge in [-0.05, 0) is 77.6 Å². The number of aromatic nitrogens is 4. The number of benzene rings is 7. The lowest BCUT2D eigenvalue weighted by Gasteiger charge is -2.13. The summed E-state index contributed by atoms with van der Waals surface area (Å²) in [5.41, 5.74) is 17.0. The average molecular weight is 667 g/mol. The van der Waals surface area contributed by atoms with Gasteiger partial charge in [0.15, 0.2) is 17.5 Å². The van der Waals surface area contributed by atoms with E-state index in [0.29, 0.717) is 17.5 Å². The molecule has 2 aromatic heterocycles. The highest BCUT2D eigenvalue weighted by Crippen LogP contribution is 2.45. The van der Waals surface area contributed by atoms with Gasteiger partial charge in [0.1, 0.15) is 0 Å². The fraction of sp³-hybridized carbons (Fsp3) is 0.0625. The third kappa shape index (κ3) is 4.95. The molecule has 0 saturated carbocycles. The average Bonchev–Trinajstić information content (AvgIpc) is 3.74. The standard InChI is InChI=1S/C48H34N4/c1-30-19-25-44-40(27-30)41-28-31(2)20-26-45(41)52(44)43-18-10-17-38-37-16-9-15-36(39(37)29-42(38)43)32-21-23-35(24-22-32)48-50-46(33-11-5-3-6-12-33)49-47(51-48)34-13-7-4-8-14-34/h3-28H,29H2,1-2H3. The number of nitrogens with zero attached hydrogens (tertiary/aromatic N) is 4. The molecule has 0 amide bonds. The summed E-state index contributed by atoms with van der Waals surface area (Å²) in [6.45, 7) is 4.36. The molecular formula is C48H34N4. The van der Waals surface area contributed by atoms with E-state index in [2.05, 4.69) is 115 Å². The van der Waals surface area contributed by atoms with E-state index < -0.39 is 0 Å². The first kappa shape index (κ1) is 30.2. The summed E-state index contributed by atoms with van der Waals surface area (Å²) in [5.74, 6) is 1.99. The molecule has 0 bridgehead atoms. The largest absolute Gasteiger partial charge is 0.309 e. The van der Waals surface area contributed by atoms with Crippen LogP contribution in [0.1, 0.15) is 22.3 Å². The minimum Gasteiger partial charge on any atom is -0.309 e. The van der Waals surface area contributed by atoms with E-state index in [1.807, 2.05) is 60.7 Å². The van der Waals surface area contributed by atoms with Gasteiger partial charge in [0, 0.05) is 33.9 Å². The Hall–Kier alpha value is -6.65. The van der Waals surface area contributed by atoms with E-state index in [-0.39, 0.29) is 0 Å². The third-order valence-corrected chi connectivity index (χ3v) is 10.4. The van der Waals surface area contributed by atoms with Crippen molar-refractivity contribution in [3.05, 3.63) is 180 Å². The molecule has 4 nitrogen and oxygen atoms in total. The molecule has 0 N–H and O–H groups in total. The predicted octanol–water partition coefficient (Wildman–Crippen LogP) is 11.8. The molecule has 0 fully saturated rings. The van der Waals surface area contributed by atoms with E-state index in [1.54, 1.807) is 0 Å². The van der Waals surface area contributed by atoms with Crippen LogP contribution in [0.4, 0.5) is 0 Å². The van der Waals surface area contributed by atoms with E-state index in [4.69, 9.17) is 15.0 Å². The first-order valence-electron chi connectivity index (χ1n) is 17.8. The lowest BCUT2D eigenvalue weighted by atomic mass is 9.95. The Morgan fingerprint density at radius 3 is 1.42 bits per heavy atom. The van der Waals surface area contributed by atoms with Crippen molar-refractivity contribution in [3.8, 4) is 62.1 Å². The Bertz CT molecular complexity index is 2700. The van der Waals surface area contributed by atoms with Crippen LogP contribution in [-0.4, -0.2) is 19.5 Å². The summed E-state index contributed by atoms with van der Waals surface area (Å²) in [6, 6.07) is 56.1. The first-order valence-corrected chi connectivity index (χ1v) is 17.8. The minimum atomic E-state index is 0.658. The molecule has 1 aliphatic carbocycles. The maximum Gasteiger partial charge on any atom is 0.164 e. The third-order valence-electron chi connectivity index (χ3n) is 10.4. The zero-order valence-corrected chi connectivity index (χ0v) is 29.0. The van der Waals surface area contributed by atoms with Crippen LogP contribution in [-0.2, 0) is 6.42 Å². The van der Waals surface area contributed by atoms with Gasteiger partial charge in [-0.2, -0.15) is 0 Å². The van der Waals surface area contributed by atoms with E-state index in [1.165, 1.54) is 72.0 Å². The molecule has 2 heterocycles. The summed E-state index contributed by atoms with van der Waals surface area (Å²) in [7, 11) is 0. The molecule has 1 aliphatic rings. The normalized spacial score (nSPS) is 12.0. The number of fused-ring (bicyclic) bond motifs is 6. The Balaban J connectivity index is 1.05. The van der Waals surface area contributed by atoms with Crippen LogP contribution in [0, 0.1) is 13.8 Å². The lowest BCUT2D eigenvalue weighted by Crippen LogP contribution is -2.00. The van der Waals surface area contributed by atoms with Crippen molar-refractivity contribution >= 4 is 21.8 Å². The first-order chi connectivity index (χ1) is 25.6. The van der Waals surface area contributed by atoms with Crippen molar-refractivity contribution in [2.45, 2.75) is 20.3 Å². The number of hydrogen-bond acceptors (Lipinski definition) is 3. The van der Waals surface area contributed by atoms with Gasteiger partial charge in [-0.25, -0.2) is 15.0 Å². The topological polar surface area (TPSA) is 43.6 Å². The quantitative estimate of drug-likeness (QED) is 0.184. The Morgan fingerprint density at radius 2 is 0.865 bits per heavy atom. The van der Waals surface area contributed by atoms with E-state index in [0.717, 1.165) is 23.1 Å². The maximum atomic E-state index is 4.95. The fourth-order valence-corrected chi connectivity index (χ4v) is 7.95. The van der Waals surface area contributed by atoms with Crippen molar-refractivity contribution < 1.29 is 0 Å². The molecule has 9 aromatic rings. The summed E-state index contributed by atoms with van der Waals surface area (Å²) < 4.78 is 2.48. The highest BCUT2D eigenvalue weighted by atomic mass is 15.0. The Kier molecular flexibility index (Phi) is 6.97. The molecule has 0 aliphatic heterocycles. The second-order valence-corrected chi connectivity index (χ2v) is 13.8. The Labute approximate surface area is 302 Å². The van der Waals surface area contributed by atoms with Crippen molar-refractivity contribution in [2.24, 2.45) is 0 Å². The zero-order valence-electron chi connectivity index (χ0n) is 29.0. The van der Waals surface area contributed by atoms with Crippen molar-refractivity contribution in [2.75, 3.05) is 0 Å². The van der Waals surface area contributed by atoms with Crippen molar-refractivity contribution in [1.29, 1.82) is 0 Å². The molecule has 0 radical (unpaired) electrons. The van der Waals surface area contributed by atoms with Crippen molar-refractivity contribution in [3.63, 3.8) is 0 Å². The van der Waals surface area contributed by atoms with Gasteiger partial charge in [0.25, 0.3) is 0 Å². The molecule has 0 atom stereocenters. The van der Waals surface area contributed by atoms with Crippen LogP contribution in [0.25, 0.3) is 83.9 Å². The highest BCUT2D eigenvalue weighted by molar-refractivity contribution is 6.10. The summed E-state index contributed by atoms with van der Waals surface area (Å²) in [5, 5.41) is 2.61. The molecular weight excluding hydrogens is 633 g/mol. The molecule has 7 aromatic carbocycles. The highest BCUT2D eigenvalue weighted by Gasteiger charge is 2.26. The molecule has 246 valence electrons. The van der Waals surface area contributed by atoms with Gasteiger partial charge in [-0.1, -0.05) is 139 Å². The monoisotopic (exact) mass is 666 g/mol. The summed E-state index contributed by atoms with van der Waals surface area (Å²) >= 11 is 0.